The van der Waals surface area contributed by atoms with Crippen LogP contribution in [0.2, 0.25) is 0 Å². The van der Waals surface area contributed by atoms with E-state index in [9.17, 15) is 4.79 Å². The maximum absolute atomic E-state index is 13.0. The van der Waals surface area contributed by atoms with E-state index in [2.05, 4.69) is 25.3 Å². The van der Waals surface area contributed by atoms with Gasteiger partial charge in [-0.2, -0.15) is 4.98 Å². The van der Waals surface area contributed by atoms with E-state index in [1.807, 2.05) is 6.92 Å². The molecule has 0 radical (unpaired) electrons. The molecule has 0 spiro atoms. The number of aryl methyl sites for hydroxylation is 1. The Bertz CT molecular complexity index is 1030. The van der Waals surface area contributed by atoms with Crippen LogP contribution in [0.5, 0.6) is 11.5 Å². The van der Waals surface area contributed by atoms with E-state index in [-0.39, 0.29) is 11.8 Å². The van der Waals surface area contributed by atoms with Gasteiger partial charge in [0.2, 0.25) is 5.91 Å². The Morgan fingerprint density at radius 3 is 2.93 bits per heavy atom. The minimum atomic E-state index is -0.180. The number of amides is 1. The Balaban J connectivity index is 1.53. The summed E-state index contributed by atoms with van der Waals surface area (Å²) in [6.07, 6.45) is 3.15. The van der Waals surface area contributed by atoms with Crippen LogP contribution in [-0.2, 0) is 4.79 Å². The first-order valence-electron chi connectivity index (χ1n) is 9.45. The number of rotatable bonds is 5. The zero-order valence-corrected chi connectivity index (χ0v) is 16.6. The highest BCUT2D eigenvalue weighted by atomic mass is 16.5. The molecular formula is C20H23N5O4. The molecule has 1 fully saturated rings. The summed E-state index contributed by atoms with van der Waals surface area (Å²) in [7, 11) is 3.15. The van der Waals surface area contributed by atoms with Crippen molar-refractivity contribution < 1.29 is 18.8 Å². The fourth-order valence-electron chi connectivity index (χ4n) is 3.66. The molecule has 1 amide bonds. The number of methoxy groups -OCH3 is 2. The highest BCUT2D eigenvalue weighted by Crippen LogP contribution is 2.32. The molecule has 0 aliphatic carbocycles. The standard InChI is InChI=1S/C20H23N5O4/c1-12-17-18(21-11-22-20(17)29-24-12)25-8-4-5-13(10-25)19(26)23-15-7-6-14(27-2)9-16(15)28-3/h6-7,9,11,13H,4-5,8,10H2,1-3H3,(H,23,26)/t13-/m1/s1. The van der Waals surface area contributed by atoms with Crippen molar-refractivity contribution >= 4 is 28.5 Å². The summed E-state index contributed by atoms with van der Waals surface area (Å²) in [6.45, 7) is 3.23. The van der Waals surface area contributed by atoms with Crippen LogP contribution >= 0.6 is 0 Å². The molecule has 3 heterocycles. The summed E-state index contributed by atoms with van der Waals surface area (Å²) in [6, 6.07) is 5.32. The number of ether oxygens (including phenoxy) is 2. The Labute approximate surface area is 168 Å². The average Bonchev–Trinajstić information content (AvgIpc) is 3.15. The highest BCUT2D eigenvalue weighted by Gasteiger charge is 2.29. The minimum Gasteiger partial charge on any atom is -0.497 e. The predicted octanol–water partition coefficient (Wildman–Crippen LogP) is 2.80. The third kappa shape index (κ3) is 3.67. The first-order valence-corrected chi connectivity index (χ1v) is 9.45. The summed E-state index contributed by atoms with van der Waals surface area (Å²) >= 11 is 0. The van der Waals surface area contributed by atoms with Crippen LogP contribution in [0.1, 0.15) is 18.5 Å². The van der Waals surface area contributed by atoms with Crippen LogP contribution in [0, 0.1) is 12.8 Å². The highest BCUT2D eigenvalue weighted by molar-refractivity contribution is 5.95. The fraction of sp³-hybridized carbons (Fsp3) is 0.400. The summed E-state index contributed by atoms with van der Waals surface area (Å²) < 4.78 is 15.8. The van der Waals surface area contributed by atoms with Gasteiger partial charge < -0.3 is 24.2 Å². The number of benzene rings is 1. The lowest BCUT2D eigenvalue weighted by atomic mass is 9.96. The fourth-order valence-corrected chi connectivity index (χ4v) is 3.66. The lowest BCUT2D eigenvalue weighted by Gasteiger charge is -2.33. The molecule has 4 rings (SSSR count). The third-order valence-corrected chi connectivity index (χ3v) is 5.18. The second kappa shape index (κ2) is 7.94. The van der Waals surface area contributed by atoms with Crippen molar-refractivity contribution in [2.24, 2.45) is 5.92 Å². The summed E-state index contributed by atoms with van der Waals surface area (Å²) in [5, 5.41) is 7.77. The van der Waals surface area contributed by atoms with Crippen molar-refractivity contribution in [3.63, 3.8) is 0 Å². The van der Waals surface area contributed by atoms with Crippen molar-refractivity contribution in [1.82, 2.24) is 15.1 Å². The molecule has 1 atom stereocenters. The van der Waals surface area contributed by atoms with Crippen LogP contribution in [-0.4, -0.2) is 48.3 Å². The Hall–Kier alpha value is -3.36. The summed E-state index contributed by atoms with van der Waals surface area (Å²) in [5.41, 5.74) is 1.82. The molecule has 1 N–H and O–H groups in total. The normalized spacial score (nSPS) is 16.7. The molecule has 1 aliphatic rings. The molecule has 9 nitrogen and oxygen atoms in total. The van der Waals surface area contributed by atoms with Gasteiger partial charge in [0.1, 0.15) is 29.0 Å². The predicted molar refractivity (Wildman–Crippen MR) is 107 cm³/mol. The van der Waals surface area contributed by atoms with E-state index in [0.717, 1.165) is 36.3 Å². The Morgan fingerprint density at radius 1 is 1.28 bits per heavy atom. The van der Waals surface area contributed by atoms with E-state index in [0.29, 0.717) is 29.4 Å². The molecular weight excluding hydrogens is 374 g/mol. The number of fused-ring (bicyclic) bond motifs is 1. The van der Waals surface area contributed by atoms with E-state index in [1.54, 1.807) is 32.4 Å². The Morgan fingerprint density at radius 2 is 2.14 bits per heavy atom. The van der Waals surface area contributed by atoms with Crippen molar-refractivity contribution in [2.45, 2.75) is 19.8 Å². The number of carbonyl (C=O) groups is 1. The van der Waals surface area contributed by atoms with Gasteiger partial charge in [0, 0.05) is 19.2 Å². The first-order chi connectivity index (χ1) is 14.1. The van der Waals surface area contributed by atoms with Crippen LogP contribution in [0.3, 0.4) is 0 Å². The van der Waals surface area contributed by atoms with Gasteiger partial charge in [-0.1, -0.05) is 5.16 Å². The monoisotopic (exact) mass is 397 g/mol. The molecule has 1 saturated heterocycles. The van der Waals surface area contributed by atoms with Crippen molar-refractivity contribution in [1.29, 1.82) is 0 Å². The smallest absolute Gasteiger partial charge is 0.263 e. The number of piperidine rings is 1. The summed E-state index contributed by atoms with van der Waals surface area (Å²) in [5.74, 6) is 1.75. The molecule has 3 aromatic rings. The quantitative estimate of drug-likeness (QED) is 0.701. The minimum absolute atomic E-state index is 0.0505. The molecule has 2 aromatic heterocycles. The average molecular weight is 397 g/mol. The maximum Gasteiger partial charge on any atom is 0.263 e. The molecule has 1 aliphatic heterocycles. The lowest BCUT2D eigenvalue weighted by Crippen LogP contribution is -2.41. The van der Waals surface area contributed by atoms with Crippen LogP contribution in [0.4, 0.5) is 11.5 Å². The number of hydrogen-bond donors (Lipinski definition) is 1. The van der Waals surface area contributed by atoms with Gasteiger partial charge in [-0.25, -0.2) is 4.98 Å². The van der Waals surface area contributed by atoms with Crippen molar-refractivity contribution in [3.05, 3.63) is 30.2 Å². The molecule has 0 saturated carbocycles. The molecule has 0 unspecified atom stereocenters. The van der Waals surface area contributed by atoms with Gasteiger partial charge in [0.15, 0.2) is 0 Å². The number of hydrogen-bond acceptors (Lipinski definition) is 8. The molecule has 9 heteroatoms. The number of nitrogens with one attached hydrogen (secondary N) is 1. The number of carbonyl (C=O) groups excluding carboxylic acids is 1. The van der Waals surface area contributed by atoms with Crippen LogP contribution in [0.25, 0.3) is 11.1 Å². The van der Waals surface area contributed by atoms with Crippen LogP contribution < -0.4 is 19.7 Å². The van der Waals surface area contributed by atoms with Gasteiger partial charge >= 0.3 is 0 Å². The summed E-state index contributed by atoms with van der Waals surface area (Å²) in [4.78, 5) is 23.6. The van der Waals surface area contributed by atoms with Gasteiger partial charge in [-0.3, -0.25) is 4.79 Å². The first kappa shape index (κ1) is 19.0. The lowest BCUT2D eigenvalue weighted by molar-refractivity contribution is -0.120. The molecule has 0 bridgehead atoms. The van der Waals surface area contributed by atoms with E-state index < -0.39 is 0 Å². The maximum atomic E-state index is 13.0. The van der Waals surface area contributed by atoms with Gasteiger partial charge in [-0.05, 0) is 31.9 Å². The SMILES string of the molecule is COc1ccc(NC(=O)[C@@H]2CCCN(c3ncnc4onc(C)c34)C2)c(OC)c1. The topological polar surface area (TPSA) is 103 Å². The van der Waals surface area contributed by atoms with Gasteiger partial charge in [0.05, 0.1) is 31.5 Å². The molecule has 29 heavy (non-hydrogen) atoms. The van der Waals surface area contributed by atoms with Crippen LogP contribution in [0.15, 0.2) is 29.0 Å². The Kier molecular flexibility index (Phi) is 5.20. The van der Waals surface area contributed by atoms with Gasteiger partial charge in [-0.15, -0.1) is 0 Å². The van der Waals surface area contributed by atoms with Gasteiger partial charge in [0.25, 0.3) is 5.71 Å². The zero-order chi connectivity index (χ0) is 20.4. The van der Waals surface area contributed by atoms with E-state index in [1.165, 1.54) is 6.33 Å². The second-order valence-electron chi connectivity index (χ2n) is 6.99. The van der Waals surface area contributed by atoms with Crippen molar-refractivity contribution in [3.8, 4) is 11.5 Å². The number of aromatic nitrogens is 3. The molecule has 152 valence electrons. The van der Waals surface area contributed by atoms with E-state index >= 15 is 0 Å². The third-order valence-electron chi connectivity index (χ3n) is 5.18. The van der Waals surface area contributed by atoms with Crippen molar-refractivity contribution in [2.75, 3.05) is 37.5 Å². The largest absolute Gasteiger partial charge is 0.497 e. The molecule has 1 aromatic carbocycles. The number of nitrogens with zero attached hydrogens (tertiary/aromatic N) is 4. The number of anilines is 2. The second-order valence-corrected chi connectivity index (χ2v) is 6.99. The van der Waals surface area contributed by atoms with E-state index in [4.69, 9.17) is 14.0 Å². The zero-order valence-electron chi connectivity index (χ0n) is 16.6.